The molecule has 1 saturated carbocycles. The minimum Gasteiger partial charge on any atom is -0.508 e. The summed E-state index contributed by atoms with van der Waals surface area (Å²) in [4.78, 5) is 72.0. The molecule has 4 aliphatic rings. The van der Waals surface area contributed by atoms with Crippen LogP contribution < -0.4 is 16.4 Å². The summed E-state index contributed by atoms with van der Waals surface area (Å²) in [6, 6.07) is 8.54. The van der Waals surface area contributed by atoms with E-state index in [9.17, 15) is 52.8 Å². The van der Waals surface area contributed by atoms with Crippen LogP contribution in [0.5, 0.6) is 11.5 Å². The van der Waals surface area contributed by atoms with E-state index in [0.717, 1.165) is 12.7 Å². The fraction of sp³-hybridized carbons (Fsp3) is 0.574. The number of esters is 2. The monoisotopic (exact) mass is 1030 g/mol. The summed E-state index contributed by atoms with van der Waals surface area (Å²) in [5, 5.41) is 55.5. The van der Waals surface area contributed by atoms with Gasteiger partial charge in [0.2, 0.25) is 11.8 Å². The maximum Gasteiger partial charge on any atom is 0.397 e. The van der Waals surface area contributed by atoms with Crippen molar-refractivity contribution in [2.24, 2.45) is 17.6 Å². The Morgan fingerprint density at radius 1 is 0.931 bits per heavy atom. The first-order valence-electron chi connectivity index (χ1n) is 23.5. The molecular formula is C47H64N6O18S. The van der Waals surface area contributed by atoms with E-state index in [1.54, 1.807) is 18.7 Å². The van der Waals surface area contributed by atoms with Crippen LogP contribution >= 0.6 is 0 Å². The highest BCUT2D eigenvalue weighted by atomic mass is 32.3. The number of phenolic OH excluding ortho intramolecular Hbond substituents is 2. The van der Waals surface area contributed by atoms with Crippen LogP contribution in [0.4, 0.5) is 0 Å². The van der Waals surface area contributed by atoms with Crippen molar-refractivity contribution >= 4 is 46.0 Å². The molecule has 3 aliphatic heterocycles. The summed E-state index contributed by atoms with van der Waals surface area (Å²) in [5.41, 5.74) is 7.58. The van der Waals surface area contributed by atoms with Gasteiger partial charge in [0, 0.05) is 32.8 Å². The molecule has 25 heteroatoms. The number of aromatic hydroxyl groups is 2. The average Bonchev–Trinajstić information content (AvgIpc) is 3.97. The Labute approximate surface area is 416 Å². The number of nitrogens with zero attached hydrogens (tertiary/aromatic N) is 2. The molecule has 6 rings (SSSR count). The zero-order valence-electron chi connectivity index (χ0n) is 40.0. The summed E-state index contributed by atoms with van der Waals surface area (Å²) in [7, 11) is -3.86. The number of benzene rings is 2. The van der Waals surface area contributed by atoms with Crippen molar-refractivity contribution in [2.75, 3.05) is 40.0 Å². The first-order valence-corrected chi connectivity index (χ1v) is 24.9. The number of carbonyl (C=O) groups is 5. The molecule has 2 aromatic carbocycles. The Hall–Kier alpha value is -5.93. The second-order valence-corrected chi connectivity index (χ2v) is 19.7. The zero-order valence-corrected chi connectivity index (χ0v) is 40.8. The first-order chi connectivity index (χ1) is 34.1. The molecule has 10 N–H and O–H groups in total. The van der Waals surface area contributed by atoms with E-state index in [1.807, 2.05) is 6.08 Å². The number of nitrogens with two attached hydrogens (primary N) is 1. The van der Waals surface area contributed by atoms with Gasteiger partial charge in [-0.2, -0.15) is 8.42 Å². The number of amides is 3. The normalized spacial score (nSPS) is 26.0. The highest BCUT2D eigenvalue weighted by Crippen LogP contribution is 2.42. The molecule has 0 spiro atoms. The van der Waals surface area contributed by atoms with Gasteiger partial charge in [0.15, 0.2) is 24.5 Å². The SMILES string of the molecule is COC(COS(=O)(=O)O)C(=O)NC(C(=O)N1C(C(=O)NCCC2=CCN(C(=N)N)C2)CC2CCC(OC3OC(COC(=O)Cc4ccc(O)cc4)C(O)C(O)C3OC(=O)Cc3ccc(O)cc3)CC21)C(C)C. The lowest BCUT2D eigenvalue weighted by atomic mass is 9.82. The van der Waals surface area contributed by atoms with Crippen LogP contribution in [0.1, 0.15) is 57.1 Å². The number of hydrogen-bond donors (Lipinski definition) is 9. The number of rotatable bonds is 21. The quantitative estimate of drug-likeness (QED) is 0.0251. The second-order valence-electron chi connectivity index (χ2n) is 18.6. The van der Waals surface area contributed by atoms with Gasteiger partial charge < -0.3 is 70.3 Å². The number of methoxy groups -OCH3 is 1. The molecule has 11 unspecified atom stereocenters. The van der Waals surface area contributed by atoms with Crippen molar-refractivity contribution < 1.29 is 85.2 Å². The maximum absolute atomic E-state index is 14.9. The largest absolute Gasteiger partial charge is 0.508 e. The minimum atomic E-state index is -4.96. The van der Waals surface area contributed by atoms with Gasteiger partial charge in [-0.25, -0.2) is 4.18 Å². The predicted octanol–water partition coefficient (Wildman–Crippen LogP) is -0.444. The van der Waals surface area contributed by atoms with Gasteiger partial charge in [-0.1, -0.05) is 49.8 Å². The van der Waals surface area contributed by atoms with Crippen LogP contribution in [-0.4, -0.2) is 180 Å². The van der Waals surface area contributed by atoms with E-state index in [2.05, 4.69) is 14.8 Å². The van der Waals surface area contributed by atoms with E-state index >= 15 is 0 Å². The second kappa shape index (κ2) is 24.7. The molecule has 3 amide bonds. The fourth-order valence-electron chi connectivity index (χ4n) is 9.30. The molecule has 1 aliphatic carbocycles. The van der Waals surface area contributed by atoms with Crippen molar-refractivity contribution in [3.05, 3.63) is 71.3 Å². The average molecular weight is 1030 g/mol. The van der Waals surface area contributed by atoms with Gasteiger partial charge in [-0.3, -0.25) is 33.9 Å². The van der Waals surface area contributed by atoms with Gasteiger partial charge in [0.05, 0.1) is 18.9 Å². The van der Waals surface area contributed by atoms with Crippen LogP contribution in [-0.2, 0) is 75.1 Å². The Morgan fingerprint density at radius 2 is 1.57 bits per heavy atom. The molecule has 0 aromatic heterocycles. The number of carbonyl (C=O) groups excluding carboxylic acids is 5. The summed E-state index contributed by atoms with van der Waals surface area (Å²) in [6.45, 7) is 2.90. The smallest absolute Gasteiger partial charge is 0.397 e. The lowest BCUT2D eigenvalue weighted by Crippen LogP contribution is -2.62. The van der Waals surface area contributed by atoms with Crippen molar-refractivity contribution in [3.8, 4) is 11.5 Å². The van der Waals surface area contributed by atoms with Crippen LogP contribution in [0.3, 0.4) is 0 Å². The summed E-state index contributed by atoms with van der Waals surface area (Å²) in [5.74, 6) is -4.64. The fourth-order valence-corrected chi connectivity index (χ4v) is 9.60. The Bertz CT molecular complexity index is 2390. The van der Waals surface area contributed by atoms with E-state index in [1.165, 1.54) is 53.4 Å². The number of likely N-dealkylation sites (tertiary alicyclic amines) is 1. The molecule has 2 saturated heterocycles. The molecule has 3 heterocycles. The third-order valence-corrected chi connectivity index (χ3v) is 13.6. The Kier molecular flexibility index (Phi) is 19.0. The van der Waals surface area contributed by atoms with Crippen LogP contribution in [0.2, 0.25) is 0 Å². The van der Waals surface area contributed by atoms with Crippen LogP contribution in [0, 0.1) is 17.2 Å². The van der Waals surface area contributed by atoms with Gasteiger partial charge in [0.1, 0.15) is 55.1 Å². The van der Waals surface area contributed by atoms with Crippen molar-refractivity contribution in [1.29, 1.82) is 5.41 Å². The number of hydrogen-bond acceptors (Lipinski definition) is 18. The highest BCUT2D eigenvalue weighted by molar-refractivity contribution is 7.80. The maximum atomic E-state index is 14.9. The number of aliphatic hydroxyl groups is 2. The number of guanidine groups is 1. The van der Waals surface area contributed by atoms with Crippen molar-refractivity contribution in [3.63, 3.8) is 0 Å². The van der Waals surface area contributed by atoms with Crippen LogP contribution in [0.25, 0.3) is 0 Å². The molecule has 396 valence electrons. The van der Waals surface area contributed by atoms with Crippen molar-refractivity contribution in [2.45, 2.75) is 120 Å². The number of aliphatic hydroxyl groups excluding tert-OH is 2. The van der Waals surface area contributed by atoms with E-state index in [0.29, 0.717) is 43.5 Å². The standard InChI is InChI=1S/C47H64N6O18S/c1-25(2)39(51-44(61)36(66-3)24-68-72(63,64)65)45(62)53-33-21-32(13-8-29(33)20-34(53)43(60)50-16-14-28-15-17-52(22-28)47(48)49)69-46-42(71-38(57)19-27-6-11-31(55)12-7-27)41(59)40(58)35(70-46)23-67-37(56)18-26-4-9-30(54)10-5-26/h4-7,9-12,15,25,29,32-36,39-42,46,54-55,58-59H,8,13-14,16-24H2,1-3H3,(H3,48,49)(H,50,60)(H,51,61)(H,63,64,65). The van der Waals surface area contributed by atoms with E-state index < -0.39 is 120 Å². The first kappa shape index (κ1) is 55.4. The number of phenols is 2. The van der Waals surface area contributed by atoms with Gasteiger partial charge in [-0.05, 0) is 79.3 Å². The molecule has 24 nitrogen and oxygen atoms in total. The molecule has 11 atom stereocenters. The number of ether oxygens (including phenoxy) is 5. The Morgan fingerprint density at radius 3 is 2.15 bits per heavy atom. The Balaban J connectivity index is 1.23. The molecular weight excluding hydrogens is 969 g/mol. The summed E-state index contributed by atoms with van der Waals surface area (Å²) < 4.78 is 65.1. The highest BCUT2D eigenvalue weighted by Gasteiger charge is 2.53. The summed E-state index contributed by atoms with van der Waals surface area (Å²) in [6.07, 6.45) is -7.73. The predicted molar refractivity (Wildman–Crippen MR) is 251 cm³/mol. The number of nitrogens with one attached hydrogen (secondary N) is 3. The van der Waals surface area contributed by atoms with E-state index in [-0.39, 0.29) is 55.6 Å². The third kappa shape index (κ3) is 14.8. The van der Waals surface area contributed by atoms with Crippen LogP contribution in [0.15, 0.2) is 60.2 Å². The third-order valence-electron chi connectivity index (χ3n) is 13.2. The minimum absolute atomic E-state index is 0.00281. The molecule has 3 fully saturated rings. The molecule has 0 radical (unpaired) electrons. The molecule has 72 heavy (non-hydrogen) atoms. The lowest BCUT2D eigenvalue weighted by molar-refractivity contribution is -0.316. The molecule has 2 aromatic rings. The van der Waals surface area contributed by atoms with Crippen molar-refractivity contribution in [1.82, 2.24) is 20.4 Å². The van der Waals surface area contributed by atoms with Gasteiger partial charge in [-0.15, -0.1) is 0 Å². The topological polar surface area (TPSA) is 356 Å². The van der Waals surface area contributed by atoms with Gasteiger partial charge >= 0.3 is 22.3 Å². The van der Waals surface area contributed by atoms with Gasteiger partial charge in [0.25, 0.3) is 5.91 Å². The molecule has 0 bridgehead atoms. The summed E-state index contributed by atoms with van der Waals surface area (Å²) >= 11 is 0. The van der Waals surface area contributed by atoms with E-state index in [4.69, 9.17) is 39.4 Å². The lowest BCUT2D eigenvalue weighted by Gasteiger charge is -2.44. The zero-order chi connectivity index (χ0) is 52.4. The number of fused-ring (bicyclic) bond motifs is 1.